The number of nitrogens with two attached hydrogens (primary N) is 1. The van der Waals surface area contributed by atoms with Gasteiger partial charge in [-0.05, 0) is 24.9 Å². The summed E-state index contributed by atoms with van der Waals surface area (Å²) in [5.41, 5.74) is 5.58. The van der Waals surface area contributed by atoms with Crippen molar-refractivity contribution < 1.29 is 0 Å². The molecule has 5 nitrogen and oxygen atoms in total. The molecular weight excluding hydrogens is 190 g/mol. The van der Waals surface area contributed by atoms with Gasteiger partial charge in [0.05, 0.1) is 0 Å². The first kappa shape index (κ1) is 8.91. The van der Waals surface area contributed by atoms with Gasteiger partial charge in [-0.3, -0.25) is 0 Å². The van der Waals surface area contributed by atoms with Crippen molar-refractivity contribution in [2.24, 2.45) is 5.92 Å². The van der Waals surface area contributed by atoms with E-state index in [1.807, 2.05) is 6.07 Å². The Bertz CT molecular complexity index is 355. The zero-order valence-corrected chi connectivity index (χ0v) is 8.56. The molecule has 5 heteroatoms. The minimum absolute atomic E-state index is 0.359. The summed E-state index contributed by atoms with van der Waals surface area (Å²) in [4.78, 5) is 10.4. The predicted molar refractivity (Wildman–Crippen MR) is 58.6 cm³/mol. The summed E-state index contributed by atoms with van der Waals surface area (Å²) in [5.74, 6) is 2.09. The van der Waals surface area contributed by atoms with Crippen molar-refractivity contribution in [3.05, 3.63) is 12.3 Å². The summed E-state index contributed by atoms with van der Waals surface area (Å²) in [6, 6.07) is 2.57. The summed E-state index contributed by atoms with van der Waals surface area (Å²) < 4.78 is 0. The van der Waals surface area contributed by atoms with Gasteiger partial charge in [0.2, 0.25) is 5.95 Å². The third kappa shape index (κ3) is 1.52. The van der Waals surface area contributed by atoms with Crippen LogP contribution in [0.5, 0.6) is 0 Å². The topological polar surface area (TPSA) is 67.1 Å². The Morgan fingerprint density at radius 3 is 3.20 bits per heavy atom. The van der Waals surface area contributed by atoms with Crippen molar-refractivity contribution in [2.45, 2.75) is 12.5 Å². The van der Waals surface area contributed by atoms with Crippen LogP contribution < -0.4 is 16.0 Å². The van der Waals surface area contributed by atoms with Crippen LogP contribution in [0.4, 0.5) is 11.8 Å². The van der Waals surface area contributed by atoms with Crippen molar-refractivity contribution in [3.63, 3.8) is 0 Å². The molecule has 0 spiro atoms. The number of aromatic nitrogens is 2. The third-order valence-electron chi connectivity index (χ3n) is 3.35. The van der Waals surface area contributed by atoms with E-state index in [-0.39, 0.29) is 0 Å². The highest BCUT2D eigenvalue weighted by atomic mass is 15.3. The second kappa shape index (κ2) is 3.34. The normalized spacial score (nSPS) is 29.5. The van der Waals surface area contributed by atoms with Crippen molar-refractivity contribution in [1.29, 1.82) is 0 Å². The number of nitrogens with one attached hydrogen (secondary N) is 1. The maximum atomic E-state index is 5.58. The Morgan fingerprint density at radius 2 is 2.40 bits per heavy atom. The number of fused-ring (bicyclic) bond motifs is 1. The molecule has 2 fully saturated rings. The lowest BCUT2D eigenvalue weighted by Crippen LogP contribution is -2.30. The van der Waals surface area contributed by atoms with E-state index < -0.39 is 0 Å². The standard InChI is InChI=1S/C10H15N5/c11-10-13-4-2-9(14-10)15-5-7-1-3-12-8(7)6-15/h2,4,7-8,12H,1,3,5-6H2,(H2,11,13,14)/t7-,8+/m1/s1. The minimum atomic E-state index is 0.359. The summed E-state index contributed by atoms with van der Waals surface area (Å²) in [5, 5.41) is 3.52. The van der Waals surface area contributed by atoms with Gasteiger partial charge in [-0.15, -0.1) is 0 Å². The van der Waals surface area contributed by atoms with E-state index in [2.05, 4.69) is 20.2 Å². The fourth-order valence-corrected chi connectivity index (χ4v) is 2.58. The van der Waals surface area contributed by atoms with E-state index in [1.165, 1.54) is 6.42 Å². The van der Waals surface area contributed by atoms with Crippen LogP contribution in [0.25, 0.3) is 0 Å². The van der Waals surface area contributed by atoms with E-state index in [0.717, 1.165) is 31.4 Å². The van der Waals surface area contributed by atoms with E-state index >= 15 is 0 Å². The van der Waals surface area contributed by atoms with Gasteiger partial charge in [0.25, 0.3) is 0 Å². The Hall–Kier alpha value is -1.36. The largest absolute Gasteiger partial charge is 0.368 e. The highest BCUT2D eigenvalue weighted by molar-refractivity contribution is 5.43. The summed E-state index contributed by atoms with van der Waals surface area (Å²) in [6.45, 7) is 3.30. The first-order chi connectivity index (χ1) is 7.33. The molecule has 2 aliphatic rings. The van der Waals surface area contributed by atoms with Gasteiger partial charge in [-0.1, -0.05) is 0 Å². The van der Waals surface area contributed by atoms with Crippen LogP contribution in [0.3, 0.4) is 0 Å². The molecule has 0 saturated carbocycles. The summed E-state index contributed by atoms with van der Waals surface area (Å²) in [6.07, 6.45) is 3.00. The average molecular weight is 205 g/mol. The Balaban J connectivity index is 1.79. The Kier molecular flexibility index (Phi) is 1.98. The highest BCUT2D eigenvalue weighted by Gasteiger charge is 2.36. The van der Waals surface area contributed by atoms with Gasteiger partial charge in [0.15, 0.2) is 0 Å². The smallest absolute Gasteiger partial charge is 0.221 e. The molecule has 3 rings (SSSR count). The monoisotopic (exact) mass is 205 g/mol. The van der Waals surface area contributed by atoms with Gasteiger partial charge in [-0.2, -0.15) is 4.98 Å². The molecule has 0 bridgehead atoms. The van der Waals surface area contributed by atoms with E-state index in [4.69, 9.17) is 5.73 Å². The minimum Gasteiger partial charge on any atom is -0.368 e. The molecule has 2 aliphatic heterocycles. The van der Waals surface area contributed by atoms with Crippen molar-refractivity contribution in [1.82, 2.24) is 15.3 Å². The lowest BCUT2D eigenvalue weighted by Gasteiger charge is -2.18. The molecule has 0 radical (unpaired) electrons. The van der Waals surface area contributed by atoms with Crippen LogP contribution in [0.2, 0.25) is 0 Å². The van der Waals surface area contributed by atoms with Gasteiger partial charge in [0, 0.05) is 25.3 Å². The SMILES string of the molecule is Nc1nccc(N2C[C@H]3CCN[C@H]3C2)n1. The lowest BCUT2D eigenvalue weighted by atomic mass is 10.1. The molecule has 3 heterocycles. The molecular formula is C10H15N5. The molecule has 1 aromatic heterocycles. The first-order valence-electron chi connectivity index (χ1n) is 5.40. The van der Waals surface area contributed by atoms with Crippen LogP contribution in [-0.4, -0.2) is 35.6 Å². The van der Waals surface area contributed by atoms with E-state index in [0.29, 0.717) is 12.0 Å². The van der Waals surface area contributed by atoms with Crippen LogP contribution in [-0.2, 0) is 0 Å². The fraction of sp³-hybridized carbons (Fsp3) is 0.600. The van der Waals surface area contributed by atoms with Gasteiger partial charge >= 0.3 is 0 Å². The number of hydrogen-bond donors (Lipinski definition) is 2. The quantitative estimate of drug-likeness (QED) is 0.668. The predicted octanol–water partition coefficient (Wildman–Crippen LogP) is -0.143. The summed E-state index contributed by atoms with van der Waals surface area (Å²) >= 11 is 0. The molecule has 2 atom stereocenters. The molecule has 2 saturated heterocycles. The van der Waals surface area contributed by atoms with Crippen molar-refractivity contribution >= 4 is 11.8 Å². The van der Waals surface area contributed by atoms with Gasteiger partial charge < -0.3 is 16.0 Å². The highest BCUT2D eigenvalue weighted by Crippen LogP contribution is 2.27. The molecule has 80 valence electrons. The van der Waals surface area contributed by atoms with E-state index in [9.17, 15) is 0 Å². The molecule has 0 unspecified atom stereocenters. The van der Waals surface area contributed by atoms with Crippen LogP contribution in [0.15, 0.2) is 12.3 Å². The van der Waals surface area contributed by atoms with Crippen LogP contribution in [0, 0.1) is 5.92 Å². The third-order valence-corrected chi connectivity index (χ3v) is 3.35. The molecule has 3 N–H and O–H groups in total. The zero-order valence-electron chi connectivity index (χ0n) is 8.56. The maximum absolute atomic E-state index is 5.58. The molecule has 15 heavy (non-hydrogen) atoms. The zero-order chi connectivity index (χ0) is 10.3. The van der Waals surface area contributed by atoms with Crippen molar-refractivity contribution in [3.8, 4) is 0 Å². The lowest BCUT2D eigenvalue weighted by molar-refractivity contribution is 0.556. The fourth-order valence-electron chi connectivity index (χ4n) is 2.58. The molecule has 0 aliphatic carbocycles. The molecule has 0 aromatic carbocycles. The Labute approximate surface area is 88.7 Å². The molecule has 1 aromatic rings. The van der Waals surface area contributed by atoms with Gasteiger partial charge in [-0.25, -0.2) is 4.98 Å². The Morgan fingerprint density at radius 1 is 1.47 bits per heavy atom. The van der Waals surface area contributed by atoms with Crippen LogP contribution >= 0.6 is 0 Å². The maximum Gasteiger partial charge on any atom is 0.221 e. The number of rotatable bonds is 1. The number of nitrogen functional groups attached to an aromatic ring is 1. The average Bonchev–Trinajstić information content (AvgIpc) is 2.76. The first-order valence-corrected chi connectivity index (χ1v) is 5.40. The van der Waals surface area contributed by atoms with Crippen molar-refractivity contribution in [2.75, 3.05) is 30.3 Å². The second-order valence-electron chi connectivity index (χ2n) is 4.29. The molecule has 0 amide bonds. The number of hydrogen-bond acceptors (Lipinski definition) is 5. The summed E-state index contributed by atoms with van der Waals surface area (Å²) in [7, 11) is 0. The second-order valence-corrected chi connectivity index (χ2v) is 4.29. The van der Waals surface area contributed by atoms with Crippen LogP contribution in [0.1, 0.15) is 6.42 Å². The van der Waals surface area contributed by atoms with E-state index in [1.54, 1.807) is 6.20 Å². The number of nitrogens with zero attached hydrogens (tertiary/aromatic N) is 3. The van der Waals surface area contributed by atoms with Gasteiger partial charge in [0.1, 0.15) is 5.82 Å². The number of anilines is 2.